The smallest absolute Gasteiger partial charge is 0.288 e. The lowest BCUT2D eigenvalue weighted by atomic mass is 9.76. The van der Waals surface area contributed by atoms with Gasteiger partial charge in [-0.1, -0.05) is 11.6 Å². The molecule has 2 aromatic heterocycles. The molecule has 3 rings (SSSR count). The van der Waals surface area contributed by atoms with Crippen molar-refractivity contribution in [1.82, 2.24) is 9.97 Å². The Balaban J connectivity index is 2.17. The van der Waals surface area contributed by atoms with Gasteiger partial charge in [0.05, 0.1) is 12.1 Å². The fraction of sp³-hybridized carbons (Fsp3) is 0.333. The van der Waals surface area contributed by atoms with Crippen molar-refractivity contribution >= 4 is 17.3 Å². The van der Waals surface area contributed by atoms with Crippen LogP contribution in [0.2, 0.25) is 5.15 Å². The SMILES string of the molecule is N#Cc1cc(C2=NCC(c3cc(C(F)(F)F)nc(C(F)(F)F)c3)(C(F)(F)F)C2)cnc1Cl. The third kappa shape index (κ3) is 4.23. The van der Waals surface area contributed by atoms with E-state index in [0.29, 0.717) is 0 Å². The van der Waals surface area contributed by atoms with Crippen molar-refractivity contribution in [3.63, 3.8) is 0 Å². The van der Waals surface area contributed by atoms with Gasteiger partial charge >= 0.3 is 18.5 Å². The number of nitriles is 1. The van der Waals surface area contributed by atoms with E-state index in [-0.39, 0.29) is 34.1 Å². The molecule has 0 N–H and O–H groups in total. The largest absolute Gasteiger partial charge is 0.433 e. The minimum absolute atomic E-state index is 0.0536. The molecule has 1 atom stereocenters. The standard InChI is InChI=1S/C18H8ClF9N4/c19-14-8(5-29)1-9(6-30-14)11-4-15(7-31-11,18(26,27)28)10-2-12(16(20,21)22)32-13(3-10)17(23,24)25/h1-3,6H,4,7H2. The Labute approximate surface area is 178 Å². The Hall–Kier alpha value is -2.88. The maximum atomic E-state index is 14.1. The highest BCUT2D eigenvalue weighted by molar-refractivity contribution is 6.30. The number of rotatable bonds is 2. The highest BCUT2D eigenvalue weighted by atomic mass is 35.5. The first-order valence-corrected chi connectivity index (χ1v) is 8.79. The fourth-order valence-electron chi connectivity index (χ4n) is 3.15. The predicted molar refractivity (Wildman–Crippen MR) is 92.0 cm³/mol. The second-order valence-electron chi connectivity index (χ2n) is 6.82. The van der Waals surface area contributed by atoms with Crippen LogP contribution in [-0.4, -0.2) is 28.4 Å². The maximum absolute atomic E-state index is 14.1. The van der Waals surface area contributed by atoms with Crippen molar-refractivity contribution in [2.45, 2.75) is 30.4 Å². The van der Waals surface area contributed by atoms with Crippen molar-refractivity contribution in [1.29, 1.82) is 5.26 Å². The highest BCUT2D eigenvalue weighted by Crippen LogP contribution is 2.49. The number of halogens is 10. The Kier molecular flexibility index (Phi) is 5.66. The minimum atomic E-state index is -5.42. The Morgan fingerprint density at radius 2 is 1.50 bits per heavy atom. The van der Waals surface area contributed by atoms with Crippen LogP contribution in [0.1, 0.15) is 34.5 Å². The second kappa shape index (κ2) is 7.61. The van der Waals surface area contributed by atoms with Gasteiger partial charge in [-0.3, -0.25) is 4.99 Å². The zero-order chi connectivity index (χ0) is 24.1. The molecular weight excluding hydrogens is 479 g/mol. The molecule has 0 aliphatic carbocycles. The topological polar surface area (TPSA) is 61.9 Å². The number of alkyl halides is 9. The van der Waals surface area contributed by atoms with Crippen molar-refractivity contribution in [3.05, 3.63) is 57.6 Å². The Bertz CT molecular complexity index is 1100. The van der Waals surface area contributed by atoms with Crippen molar-refractivity contribution in [2.75, 3.05) is 6.54 Å². The van der Waals surface area contributed by atoms with Gasteiger partial charge in [-0.25, -0.2) is 9.97 Å². The molecule has 1 aliphatic heterocycles. The van der Waals surface area contributed by atoms with Gasteiger partial charge in [0.15, 0.2) is 0 Å². The molecule has 0 fully saturated rings. The molecule has 1 unspecified atom stereocenters. The number of hydrogen-bond acceptors (Lipinski definition) is 4. The van der Waals surface area contributed by atoms with Gasteiger partial charge in [0.1, 0.15) is 28.0 Å². The first-order chi connectivity index (χ1) is 14.6. The molecule has 0 saturated heterocycles. The average Bonchev–Trinajstić information content (AvgIpc) is 3.13. The van der Waals surface area contributed by atoms with Crippen LogP contribution in [0.15, 0.2) is 29.4 Å². The zero-order valence-electron chi connectivity index (χ0n) is 15.3. The average molecular weight is 487 g/mol. The van der Waals surface area contributed by atoms with E-state index in [1.807, 2.05) is 0 Å². The molecular formula is C18H8ClF9N4. The van der Waals surface area contributed by atoms with Gasteiger partial charge in [0, 0.05) is 23.9 Å². The fourth-order valence-corrected chi connectivity index (χ4v) is 3.30. The molecule has 14 heteroatoms. The van der Waals surface area contributed by atoms with Crippen LogP contribution in [0.25, 0.3) is 0 Å². The van der Waals surface area contributed by atoms with E-state index in [9.17, 15) is 39.5 Å². The van der Waals surface area contributed by atoms with Crippen molar-refractivity contribution in [2.24, 2.45) is 4.99 Å². The first-order valence-electron chi connectivity index (χ1n) is 8.41. The third-order valence-electron chi connectivity index (χ3n) is 4.80. The van der Waals surface area contributed by atoms with E-state index in [2.05, 4.69) is 15.0 Å². The van der Waals surface area contributed by atoms with Gasteiger partial charge in [-0.05, 0) is 23.8 Å². The molecule has 0 radical (unpaired) electrons. The van der Waals surface area contributed by atoms with E-state index >= 15 is 0 Å². The molecule has 0 bridgehead atoms. The lowest BCUT2D eigenvalue weighted by Crippen LogP contribution is -2.44. The van der Waals surface area contributed by atoms with E-state index in [0.717, 1.165) is 12.3 Å². The summed E-state index contributed by atoms with van der Waals surface area (Å²) >= 11 is 5.67. The lowest BCUT2D eigenvalue weighted by molar-refractivity contribution is -0.185. The minimum Gasteiger partial charge on any atom is -0.288 e. The summed E-state index contributed by atoms with van der Waals surface area (Å²) in [5.41, 5.74) is -9.25. The summed E-state index contributed by atoms with van der Waals surface area (Å²) in [6.45, 7) is -1.17. The van der Waals surface area contributed by atoms with E-state index < -0.39 is 53.9 Å². The van der Waals surface area contributed by atoms with E-state index in [1.54, 1.807) is 6.07 Å². The third-order valence-corrected chi connectivity index (χ3v) is 5.10. The van der Waals surface area contributed by atoms with Crippen LogP contribution in [0.4, 0.5) is 39.5 Å². The number of hydrogen-bond donors (Lipinski definition) is 0. The summed E-state index contributed by atoms with van der Waals surface area (Å²) in [5.74, 6) is 0. The molecule has 32 heavy (non-hydrogen) atoms. The van der Waals surface area contributed by atoms with Gasteiger partial charge in [-0.15, -0.1) is 0 Å². The summed E-state index contributed by atoms with van der Waals surface area (Å²) in [7, 11) is 0. The lowest BCUT2D eigenvalue weighted by Gasteiger charge is -2.32. The number of aliphatic imine (C=N–C) groups is 1. The van der Waals surface area contributed by atoms with Crippen LogP contribution in [0.3, 0.4) is 0 Å². The molecule has 0 spiro atoms. The summed E-state index contributed by atoms with van der Waals surface area (Å²) in [6, 6.07) is 2.63. The van der Waals surface area contributed by atoms with Crippen LogP contribution in [-0.2, 0) is 17.8 Å². The summed E-state index contributed by atoms with van der Waals surface area (Å²) in [6.07, 6.45) is -16.2. The van der Waals surface area contributed by atoms with Gasteiger partial charge < -0.3 is 0 Å². The number of pyridine rings is 2. The van der Waals surface area contributed by atoms with Gasteiger partial charge in [-0.2, -0.15) is 44.8 Å². The van der Waals surface area contributed by atoms with Gasteiger partial charge in [0.2, 0.25) is 0 Å². The van der Waals surface area contributed by atoms with Gasteiger partial charge in [0.25, 0.3) is 0 Å². The van der Waals surface area contributed by atoms with Crippen LogP contribution in [0, 0.1) is 11.3 Å². The van der Waals surface area contributed by atoms with Crippen LogP contribution < -0.4 is 0 Å². The quantitative estimate of drug-likeness (QED) is 0.402. The van der Waals surface area contributed by atoms with E-state index in [1.165, 1.54) is 0 Å². The van der Waals surface area contributed by atoms with E-state index in [4.69, 9.17) is 16.9 Å². The molecule has 170 valence electrons. The second-order valence-corrected chi connectivity index (χ2v) is 7.17. The molecule has 1 aliphatic rings. The van der Waals surface area contributed by atoms with Crippen LogP contribution in [0.5, 0.6) is 0 Å². The normalized spacial score (nSPS) is 19.6. The molecule has 4 nitrogen and oxygen atoms in total. The van der Waals surface area contributed by atoms with Crippen LogP contribution >= 0.6 is 11.6 Å². The monoisotopic (exact) mass is 486 g/mol. The predicted octanol–water partition coefficient (Wildman–Crippen LogP) is 5.73. The highest BCUT2D eigenvalue weighted by Gasteiger charge is 2.59. The van der Waals surface area contributed by atoms with Crippen molar-refractivity contribution < 1.29 is 39.5 Å². The molecule has 0 amide bonds. The molecule has 0 aromatic carbocycles. The van der Waals surface area contributed by atoms with Crippen molar-refractivity contribution in [3.8, 4) is 6.07 Å². The molecule has 0 saturated carbocycles. The number of nitrogens with zero attached hydrogens (tertiary/aromatic N) is 4. The Morgan fingerprint density at radius 3 is 1.97 bits per heavy atom. The summed E-state index contributed by atoms with van der Waals surface area (Å²) in [5, 5.41) is 8.75. The summed E-state index contributed by atoms with van der Waals surface area (Å²) < 4.78 is 121. The number of aromatic nitrogens is 2. The summed E-state index contributed by atoms with van der Waals surface area (Å²) in [4.78, 5) is 9.81. The molecule has 2 aromatic rings. The zero-order valence-corrected chi connectivity index (χ0v) is 16.0. The maximum Gasteiger partial charge on any atom is 0.433 e. The molecule has 3 heterocycles. The Morgan fingerprint density at radius 1 is 0.938 bits per heavy atom. The first kappa shape index (κ1) is 23.8.